The summed E-state index contributed by atoms with van der Waals surface area (Å²) >= 11 is 0. The maximum atomic E-state index is 9.85. The average molecular weight is 283 g/mol. The number of aliphatic hydroxyl groups is 1. The summed E-state index contributed by atoms with van der Waals surface area (Å²) in [5.74, 6) is 1.42. The number of hydrogen-bond donors (Lipinski definition) is 2. The van der Waals surface area contributed by atoms with E-state index in [4.69, 9.17) is 14.2 Å². The molecule has 0 fully saturated rings. The smallest absolute Gasteiger partial charge is 0.123 e. The lowest BCUT2D eigenvalue weighted by Gasteiger charge is -2.17. The van der Waals surface area contributed by atoms with Crippen molar-refractivity contribution in [2.75, 3.05) is 33.5 Å². The van der Waals surface area contributed by atoms with Crippen LogP contribution < -0.4 is 14.8 Å². The Morgan fingerprint density at radius 1 is 1.25 bits per heavy atom. The van der Waals surface area contributed by atoms with Gasteiger partial charge in [-0.1, -0.05) is 6.07 Å². The molecule has 1 aromatic carbocycles. The molecular weight excluding hydrogens is 258 g/mol. The second-order valence-electron chi connectivity index (χ2n) is 4.61. The van der Waals surface area contributed by atoms with Crippen LogP contribution >= 0.6 is 0 Å². The molecule has 0 aromatic heterocycles. The van der Waals surface area contributed by atoms with Crippen molar-refractivity contribution in [3.8, 4) is 11.5 Å². The van der Waals surface area contributed by atoms with Crippen LogP contribution in [0.1, 0.15) is 13.8 Å². The Bertz CT molecular complexity index is 373. The number of ether oxygens (including phenoxy) is 3. The Labute approximate surface area is 120 Å². The molecule has 0 bridgehead atoms. The van der Waals surface area contributed by atoms with E-state index in [0.29, 0.717) is 25.5 Å². The Hall–Kier alpha value is -1.30. The number of hydrogen-bond acceptors (Lipinski definition) is 5. The van der Waals surface area contributed by atoms with Crippen molar-refractivity contribution in [1.29, 1.82) is 0 Å². The largest absolute Gasteiger partial charge is 0.497 e. The van der Waals surface area contributed by atoms with E-state index in [2.05, 4.69) is 5.32 Å². The fraction of sp³-hybridized carbons (Fsp3) is 0.600. The Morgan fingerprint density at radius 2 is 2.00 bits per heavy atom. The summed E-state index contributed by atoms with van der Waals surface area (Å²) in [6.45, 7) is 6.03. The lowest BCUT2D eigenvalue weighted by Crippen LogP contribution is -2.38. The molecule has 2 atom stereocenters. The van der Waals surface area contributed by atoms with Crippen molar-refractivity contribution in [2.45, 2.75) is 26.0 Å². The normalized spacial score (nSPS) is 13.8. The van der Waals surface area contributed by atoms with Gasteiger partial charge in [-0.25, -0.2) is 0 Å². The van der Waals surface area contributed by atoms with Crippen molar-refractivity contribution in [3.63, 3.8) is 0 Å². The van der Waals surface area contributed by atoms with Gasteiger partial charge in [-0.2, -0.15) is 0 Å². The molecule has 0 aliphatic heterocycles. The summed E-state index contributed by atoms with van der Waals surface area (Å²) in [6, 6.07) is 7.53. The monoisotopic (exact) mass is 283 g/mol. The van der Waals surface area contributed by atoms with E-state index in [1.54, 1.807) is 13.2 Å². The van der Waals surface area contributed by atoms with E-state index < -0.39 is 6.10 Å². The molecular formula is C15H25NO4. The number of rotatable bonds is 10. The van der Waals surface area contributed by atoms with E-state index in [1.807, 2.05) is 32.0 Å². The quantitative estimate of drug-likeness (QED) is 0.680. The Balaban J connectivity index is 2.23. The number of benzene rings is 1. The highest BCUT2D eigenvalue weighted by Crippen LogP contribution is 2.18. The van der Waals surface area contributed by atoms with Gasteiger partial charge < -0.3 is 24.6 Å². The van der Waals surface area contributed by atoms with E-state index in [1.165, 1.54) is 0 Å². The van der Waals surface area contributed by atoms with E-state index in [0.717, 1.165) is 5.75 Å². The van der Waals surface area contributed by atoms with Gasteiger partial charge in [0, 0.05) is 25.3 Å². The molecule has 0 saturated heterocycles. The molecule has 20 heavy (non-hydrogen) atoms. The summed E-state index contributed by atoms with van der Waals surface area (Å²) in [5.41, 5.74) is 0. The molecule has 0 heterocycles. The lowest BCUT2D eigenvalue weighted by atomic mass is 10.3. The molecule has 5 nitrogen and oxygen atoms in total. The maximum absolute atomic E-state index is 9.85. The van der Waals surface area contributed by atoms with Gasteiger partial charge in [0.2, 0.25) is 0 Å². The third-order valence-electron chi connectivity index (χ3n) is 2.76. The van der Waals surface area contributed by atoms with Gasteiger partial charge in [-0.05, 0) is 26.0 Å². The Kier molecular flexibility index (Phi) is 8.02. The first-order valence-corrected chi connectivity index (χ1v) is 6.91. The zero-order valence-corrected chi connectivity index (χ0v) is 12.5. The van der Waals surface area contributed by atoms with Gasteiger partial charge in [0.25, 0.3) is 0 Å². The third kappa shape index (κ3) is 6.75. The van der Waals surface area contributed by atoms with Gasteiger partial charge in [0.05, 0.1) is 13.7 Å². The highest BCUT2D eigenvalue weighted by molar-refractivity contribution is 5.32. The van der Waals surface area contributed by atoms with Crippen molar-refractivity contribution in [2.24, 2.45) is 0 Å². The van der Waals surface area contributed by atoms with Crippen LogP contribution in [0.15, 0.2) is 24.3 Å². The third-order valence-corrected chi connectivity index (χ3v) is 2.76. The van der Waals surface area contributed by atoms with Gasteiger partial charge in [-0.3, -0.25) is 0 Å². The van der Waals surface area contributed by atoms with Gasteiger partial charge in [0.15, 0.2) is 0 Å². The molecule has 1 aromatic rings. The molecule has 2 N–H and O–H groups in total. The second-order valence-corrected chi connectivity index (χ2v) is 4.61. The number of aliphatic hydroxyl groups excluding tert-OH is 1. The predicted octanol–water partition coefficient (Wildman–Crippen LogP) is 1.45. The van der Waals surface area contributed by atoms with Crippen molar-refractivity contribution >= 4 is 0 Å². The summed E-state index contributed by atoms with van der Waals surface area (Å²) < 4.78 is 15.9. The second kappa shape index (κ2) is 9.58. The van der Waals surface area contributed by atoms with E-state index in [9.17, 15) is 5.11 Å². The summed E-state index contributed by atoms with van der Waals surface area (Å²) in [7, 11) is 1.61. The molecule has 1 rings (SSSR count). The highest BCUT2D eigenvalue weighted by Gasteiger charge is 2.08. The van der Waals surface area contributed by atoms with E-state index >= 15 is 0 Å². The zero-order chi connectivity index (χ0) is 14.8. The molecule has 114 valence electrons. The molecule has 5 heteroatoms. The van der Waals surface area contributed by atoms with Crippen LogP contribution in [0.3, 0.4) is 0 Å². The first kappa shape index (κ1) is 16.8. The van der Waals surface area contributed by atoms with Crippen LogP contribution in [0.4, 0.5) is 0 Å². The predicted molar refractivity (Wildman–Crippen MR) is 78.5 cm³/mol. The highest BCUT2D eigenvalue weighted by atomic mass is 16.5. The summed E-state index contributed by atoms with van der Waals surface area (Å²) in [4.78, 5) is 0. The molecule has 0 spiro atoms. The van der Waals surface area contributed by atoms with Crippen LogP contribution in [-0.2, 0) is 4.74 Å². The fourth-order valence-electron chi connectivity index (χ4n) is 1.63. The lowest BCUT2D eigenvalue weighted by molar-refractivity contribution is 0.0906. The average Bonchev–Trinajstić information content (AvgIpc) is 2.49. The fourth-order valence-corrected chi connectivity index (χ4v) is 1.63. The molecule has 2 unspecified atom stereocenters. The Morgan fingerprint density at radius 3 is 2.70 bits per heavy atom. The van der Waals surface area contributed by atoms with E-state index in [-0.39, 0.29) is 12.6 Å². The van der Waals surface area contributed by atoms with Gasteiger partial charge >= 0.3 is 0 Å². The molecule has 0 aliphatic carbocycles. The zero-order valence-electron chi connectivity index (χ0n) is 12.5. The SMILES string of the molecule is CCOCC(C)NCC(O)COc1cccc(OC)c1. The summed E-state index contributed by atoms with van der Waals surface area (Å²) in [5, 5.41) is 13.0. The van der Waals surface area contributed by atoms with Gasteiger partial charge in [0.1, 0.15) is 24.2 Å². The van der Waals surface area contributed by atoms with Crippen molar-refractivity contribution in [3.05, 3.63) is 24.3 Å². The minimum Gasteiger partial charge on any atom is -0.497 e. The van der Waals surface area contributed by atoms with Crippen LogP contribution in [0.2, 0.25) is 0 Å². The first-order chi connectivity index (χ1) is 9.65. The standard InChI is InChI=1S/C15H25NO4/c1-4-19-10-12(2)16-9-13(17)11-20-15-7-5-6-14(8-15)18-3/h5-8,12-13,16-17H,4,9-11H2,1-3H3. The van der Waals surface area contributed by atoms with Crippen LogP contribution in [0.5, 0.6) is 11.5 Å². The molecule has 0 saturated carbocycles. The van der Waals surface area contributed by atoms with Crippen LogP contribution in [0.25, 0.3) is 0 Å². The number of nitrogens with one attached hydrogen (secondary N) is 1. The van der Waals surface area contributed by atoms with Crippen LogP contribution in [-0.4, -0.2) is 50.7 Å². The molecule has 0 amide bonds. The minimum atomic E-state index is -0.565. The van der Waals surface area contributed by atoms with Gasteiger partial charge in [-0.15, -0.1) is 0 Å². The minimum absolute atomic E-state index is 0.210. The first-order valence-electron chi connectivity index (χ1n) is 6.91. The molecule has 0 radical (unpaired) electrons. The van der Waals surface area contributed by atoms with Crippen molar-refractivity contribution < 1.29 is 19.3 Å². The summed E-state index contributed by atoms with van der Waals surface area (Å²) in [6.07, 6.45) is -0.565. The van der Waals surface area contributed by atoms with Crippen LogP contribution in [0, 0.1) is 0 Å². The van der Waals surface area contributed by atoms with Crippen molar-refractivity contribution in [1.82, 2.24) is 5.32 Å². The maximum Gasteiger partial charge on any atom is 0.123 e. The topological polar surface area (TPSA) is 60.0 Å². The molecule has 0 aliphatic rings. The number of methoxy groups -OCH3 is 1.